The van der Waals surface area contributed by atoms with Gasteiger partial charge in [0.2, 0.25) is 11.8 Å². The molecule has 0 radical (unpaired) electrons. The molecule has 0 spiro atoms. The molecule has 0 aromatic rings. The lowest BCUT2D eigenvalue weighted by Gasteiger charge is -2.40. The van der Waals surface area contributed by atoms with E-state index in [1.807, 2.05) is 6.92 Å². The third-order valence-corrected chi connectivity index (χ3v) is 4.16. The van der Waals surface area contributed by atoms with Crippen molar-refractivity contribution in [3.8, 4) is 0 Å². The van der Waals surface area contributed by atoms with Gasteiger partial charge in [0, 0.05) is 6.54 Å². The number of hydrogen-bond acceptors (Lipinski definition) is 2. The van der Waals surface area contributed by atoms with Gasteiger partial charge < -0.3 is 10.2 Å². The zero-order valence-corrected chi connectivity index (χ0v) is 10.7. The summed E-state index contributed by atoms with van der Waals surface area (Å²) in [6.07, 6.45) is 5.78. The summed E-state index contributed by atoms with van der Waals surface area (Å²) in [6.45, 7) is 4.36. The van der Waals surface area contributed by atoms with Gasteiger partial charge in [-0.25, -0.2) is 0 Å². The molecule has 2 rings (SSSR count). The van der Waals surface area contributed by atoms with Crippen molar-refractivity contribution in [3.05, 3.63) is 0 Å². The molecule has 1 N–H and O–H groups in total. The number of rotatable bonds is 2. The monoisotopic (exact) mass is 238 g/mol. The number of hydrogen-bond donors (Lipinski definition) is 1. The van der Waals surface area contributed by atoms with Crippen LogP contribution in [-0.4, -0.2) is 35.3 Å². The third kappa shape index (κ3) is 2.31. The largest absolute Gasteiger partial charge is 0.342 e. The van der Waals surface area contributed by atoms with Crippen LogP contribution in [0.5, 0.6) is 0 Å². The number of piperazine rings is 1. The molecule has 1 heterocycles. The topological polar surface area (TPSA) is 49.4 Å². The minimum Gasteiger partial charge on any atom is -0.342 e. The Kier molecular flexibility index (Phi) is 3.69. The highest BCUT2D eigenvalue weighted by Crippen LogP contribution is 2.29. The van der Waals surface area contributed by atoms with Crippen LogP contribution in [0.1, 0.15) is 46.0 Å². The molecule has 1 saturated heterocycles. The highest BCUT2D eigenvalue weighted by Gasteiger charge is 2.41. The Balaban J connectivity index is 2.11. The van der Waals surface area contributed by atoms with Gasteiger partial charge in [-0.15, -0.1) is 0 Å². The molecule has 2 fully saturated rings. The Morgan fingerprint density at radius 2 is 1.88 bits per heavy atom. The summed E-state index contributed by atoms with van der Waals surface area (Å²) in [4.78, 5) is 25.9. The lowest BCUT2D eigenvalue weighted by atomic mass is 9.82. The molecular formula is C13H22N2O2. The molecular weight excluding hydrogens is 216 g/mol. The smallest absolute Gasteiger partial charge is 0.246 e. The molecule has 2 unspecified atom stereocenters. The van der Waals surface area contributed by atoms with Gasteiger partial charge in [0.05, 0.1) is 0 Å². The molecule has 1 aliphatic heterocycles. The minimum atomic E-state index is -0.313. The van der Waals surface area contributed by atoms with Crippen LogP contribution in [0.25, 0.3) is 0 Å². The fourth-order valence-electron chi connectivity index (χ4n) is 3.06. The van der Waals surface area contributed by atoms with Crippen molar-refractivity contribution >= 4 is 11.8 Å². The zero-order chi connectivity index (χ0) is 12.4. The summed E-state index contributed by atoms with van der Waals surface area (Å²) in [5, 5.41) is 2.92. The zero-order valence-electron chi connectivity index (χ0n) is 10.7. The summed E-state index contributed by atoms with van der Waals surface area (Å²) >= 11 is 0. The first-order chi connectivity index (χ1) is 8.15. The third-order valence-electron chi connectivity index (χ3n) is 4.16. The molecule has 96 valence electrons. The Bertz CT molecular complexity index is 311. The predicted molar refractivity (Wildman–Crippen MR) is 65.4 cm³/mol. The number of nitrogens with zero attached hydrogens (tertiary/aromatic N) is 1. The first-order valence-electron chi connectivity index (χ1n) is 6.76. The van der Waals surface area contributed by atoms with Crippen LogP contribution < -0.4 is 5.32 Å². The van der Waals surface area contributed by atoms with E-state index >= 15 is 0 Å². The van der Waals surface area contributed by atoms with Crippen molar-refractivity contribution < 1.29 is 9.59 Å². The van der Waals surface area contributed by atoms with Gasteiger partial charge in [-0.2, -0.15) is 0 Å². The maximum absolute atomic E-state index is 12.3. The van der Waals surface area contributed by atoms with Crippen molar-refractivity contribution in [2.45, 2.75) is 58.0 Å². The standard InChI is InChI=1S/C13H22N2O2/c1-3-15-9(2)12(16)14-11(13(15)17)10-7-5-4-6-8-10/h9-11H,3-8H2,1-2H3,(H,14,16). The van der Waals surface area contributed by atoms with Gasteiger partial charge in [0.25, 0.3) is 0 Å². The SMILES string of the molecule is CCN1C(=O)C(C2CCCCC2)NC(=O)C1C. The first kappa shape index (κ1) is 12.4. The molecule has 2 atom stereocenters. The average Bonchev–Trinajstić information content (AvgIpc) is 2.36. The van der Waals surface area contributed by atoms with Crippen molar-refractivity contribution in [2.24, 2.45) is 5.92 Å². The number of likely N-dealkylation sites (N-methyl/N-ethyl adjacent to an activating group) is 1. The lowest BCUT2D eigenvalue weighted by Crippen LogP contribution is -2.64. The van der Waals surface area contributed by atoms with Gasteiger partial charge in [-0.05, 0) is 32.6 Å². The van der Waals surface area contributed by atoms with Crippen molar-refractivity contribution in [1.29, 1.82) is 0 Å². The summed E-state index contributed by atoms with van der Waals surface area (Å²) in [5.74, 6) is 0.468. The normalized spacial score (nSPS) is 31.5. The Labute approximate surface area is 103 Å². The second-order valence-electron chi connectivity index (χ2n) is 5.18. The molecule has 0 aromatic carbocycles. The molecule has 17 heavy (non-hydrogen) atoms. The van der Waals surface area contributed by atoms with Crippen molar-refractivity contribution in [1.82, 2.24) is 10.2 Å². The highest BCUT2D eigenvalue weighted by atomic mass is 16.2. The predicted octanol–water partition coefficient (Wildman–Crippen LogP) is 1.30. The molecule has 1 aliphatic carbocycles. The number of amides is 2. The summed E-state index contributed by atoms with van der Waals surface area (Å²) < 4.78 is 0. The van der Waals surface area contributed by atoms with E-state index in [9.17, 15) is 9.59 Å². The van der Waals surface area contributed by atoms with E-state index in [4.69, 9.17) is 0 Å². The number of carbonyl (C=O) groups excluding carboxylic acids is 2. The van der Waals surface area contributed by atoms with Gasteiger partial charge >= 0.3 is 0 Å². The number of carbonyl (C=O) groups is 2. The fraction of sp³-hybridized carbons (Fsp3) is 0.846. The van der Waals surface area contributed by atoms with Crippen molar-refractivity contribution in [2.75, 3.05) is 6.54 Å². The van der Waals surface area contributed by atoms with Crippen LogP contribution in [0.4, 0.5) is 0 Å². The van der Waals surface area contributed by atoms with Gasteiger partial charge in [-0.1, -0.05) is 19.3 Å². The minimum absolute atomic E-state index is 0.00187. The molecule has 0 aromatic heterocycles. The summed E-state index contributed by atoms with van der Waals surface area (Å²) in [6, 6.07) is -0.578. The molecule has 2 aliphatic rings. The fourth-order valence-corrected chi connectivity index (χ4v) is 3.06. The van der Waals surface area contributed by atoms with Gasteiger partial charge in [-0.3, -0.25) is 9.59 Å². The average molecular weight is 238 g/mol. The molecule has 0 bridgehead atoms. The lowest BCUT2D eigenvalue weighted by molar-refractivity contribution is -0.150. The van der Waals surface area contributed by atoms with E-state index in [1.54, 1.807) is 11.8 Å². The molecule has 4 heteroatoms. The van der Waals surface area contributed by atoms with Crippen molar-refractivity contribution in [3.63, 3.8) is 0 Å². The molecule has 1 saturated carbocycles. The Morgan fingerprint density at radius 3 is 2.47 bits per heavy atom. The first-order valence-corrected chi connectivity index (χ1v) is 6.76. The van der Waals surface area contributed by atoms with Crippen LogP contribution in [0.3, 0.4) is 0 Å². The maximum atomic E-state index is 12.3. The van der Waals surface area contributed by atoms with Crippen LogP contribution in [0, 0.1) is 5.92 Å². The van der Waals surface area contributed by atoms with E-state index in [0.29, 0.717) is 12.5 Å². The second kappa shape index (κ2) is 5.07. The summed E-state index contributed by atoms with van der Waals surface area (Å²) in [7, 11) is 0. The maximum Gasteiger partial charge on any atom is 0.246 e. The van der Waals surface area contributed by atoms with Gasteiger partial charge in [0.1, 0.15) is 12.1 Å². The quantitative estimate of drug-likeness (QED) is 0.788. The van der Waals surface area contributed by atoms with E-state index in [2.05, 4.69) is 5.32 Å². The van der Waals surface area contributed by atoms with E-state index in [-0.39, 0.29) is 23.9 Å². The highest BCUT2D eigenvalue weighted by molar-refractivity contribution is 5.96. The Hall–Kier alpha value is -1.06. The molecule has 4 nitrogen and oxygen atoms in total. The van der Waals surface area contributed by atoms with Crippen LogP contribution in [0.2, 0.25) is 0 Å². The van der Waals surface area contributed by atoms with E-state index < -0.39 is 0 Å². The van der Waals surface area contributed by atoms with E-state index in [1.165, 1.54) is 19.3 Å². The van der Waals surface area contributed by atoms with Gasteiger partial charge in [0.15, 0.2) is 0 Å². The summed E-state index contributed by atoms with van der Waals surface area (Å²) in [5.41, 5.74) is 0. The Morgan fingerprint density at radius 1 is 1.24 bits per heavy atom. The van der Waals surface area contributed by atoms with Crippen LogP contribution in [0.15, 0.2) is 0 Å². The molecule has 2 amide bonds. The second-order valence-corrected chi connectivity index (χ2v) is 5.18. The van der Waals surface area contributed by atoms with E-state index in [0.717, 1.165) is 12.8 Å². The number of nitrogens with one attached hydrogen (secondary N) is 1. The van der Waals surface area contributed by atoms with Crippen LogP contribution in [-0.2, 0) is 9.59 Å². The van der Waals surface area contributed by atoms with Crippen LogP contribution >= 0.6 is 0 Å².